The average Bonchev–Trinajstić information content (AvgIpc) is 2.33. The molecule has 0 aromatic rings. The summed E-state index contributed by atoms with van der Waals surface area (Å²) < 4.78 is 0.424. The molecule has 0 heterocycles. The van der Waals surface area contributed by atoms with Crippen LogP contribution in [0.5, 0.6) is 0 Å². The molecule has 1 amide bonds. The van der Waals surface area contributed by atoms with Crippen molar-refractivity contribution in [1.29, 1.82) is 0 Å². The lowest BCUT2D eigenvalue weighted by molar-refractivity contribution is -0.862. The third-order valence-corrected chi connectivity index (χ3v) is 2.82. The lowest BCUT2D eigenvalue weighted by atomic mass is 10.0. The Kier molecular flexibility index (Phi) is 7.56. The summed E-state index contributed by atoms with van der Waals surface area (Å²) in [6.07, 6.45) is -6.31. The molecular weight excluding hydrogens is 268 g/mol. The van der Waals surface area contributed by atoms with Crippen molar-refractivity contribution in [2.24, 2.45) is 0 Å². The molecule has 0 radical (unpaired) electrons. The van der Waals surface area contributed by atoms with Crippen molar-refractivity contribution >= 4 is 5.91 Å². The van der Waals surface area contributed by atoms with Crippen molar-refractivity contribution in [2.45, 2.75) is 24.4 Å². The second-order valence-corrected chi connectivity index (χ2v) is 6.02. The van der Waals surface area contributed by atoms with Crippen LogP contribution in [-0.4, -0.2) is 113 Å². The summed E-state index contributed by atoms with van der Waals surface area (Å²) in [5, 5.41) is 46.7. The van der Waals surface area contributed by atoms with Gasteiger partial charge in [0.25, 0.3) is 5.91 Å². The van der Waals surface area contributed by atoms with E-state index in [1.165, 1.54) is 11.9 Å². The molecule has 8 nitrogen and oxygen atoms in total. The van der Waals surface area contributed by atoms with Crippen LogP contribution in [0.1, 0.15) is 0 Å². The van der Waals surface area contributed by atoms with E-state index in [0.717, 1.165) is 0 Å². The number of aliphatic hydroxyl groups is 5. The number of rotatable bonds is 8. The Balaban J connectivity index is 4.44. The van der Waals surface area contributed by atoms with Gasteiger partial charge in [0.05, 0.1) is 27.7 Å². The minimum Gasteiger partial charge on any atom is -0.394 e. The monoisotopic (exact) mass is 295 g/mol. The van der Waals surface area contributed by atoms with Crippen LogP contribution in [-0.2, 0) is 4.79 Å². The first-order chi connectivity index (χ1) is 8.99. The van der Waals surface area contributed by atoms with Crippen molar-refractivity contribution in [2.75, 3.05) is 47.9 Å². The van der Waals surface area contributed by atoms with Crippen molar-refractivity contribution in [3.8, 4) is 0 Å². The number of carbonyl (C=O) groups excluding carboxylic acids is 1. The molecule has 0 saturated carbocycles. The Bertz CT molecular complexity index is 307. The average molecular weight is 295 g/mol. The van der Waals surface area contributed by atoms with Crippen LogP contribution in [0.3, 0.4) is 0 Å². The number of nitrogens with zero attached hydrogens (tertiary/aromatic N) is 2. The maximum Gasteiger partial charge on any atom is 0.277 e. The normalized spacial score (nSPS) is 18.2. The second-order valence-electron chi connectivity index (χ2n) is 6.02. The van der Waals surface area contributed by atoms with Crippen LogP contribution in [0, 0.1) is 0 Å². The molecule has 5 N–H and O–H groups in total. The number of quaternary nitrogens is 1. The topological polar surface area (TPSA) is 121 Å². The van der Waals surface area contributed by atoms with Crippen molar-refractivity contribution < 1.29 is 34.8 Å². The predicted octanol–water partition coefficient (Wildman–Crippen LogP) is -3.41. The summed E-state index contributed by atoms with van der Waals surface area (Å²) in [4.78, 5) is 13.1. The number of amides is 1. The minimum atomic E-state index is -1.68. The van der Waals surface area contributed by atoms with Gasteiger partial charge in [-0.2, -0.15) is 0 Å². The molecule has 0 unspecified atom stereocenters. The van der Waals surface area contributed by atoms with E-state index in [0.29, 0.717) is 4.48 Å². The summed E-state index contributed by atoms with van der Waals surface area (Å²) in [7, 11) is 7.01. The highest BCUT2D eigenvalue weighted by Crippen LogP contribution is 2.07. The molecule has 0 aromatic carbocycles. The Morgan fingerprint density at radius 2 is 1.50 bits per heavy atom. The number of carbonyl (C=O) groups is 1. The van der Waals surface area contributed by atoms with Gasteiger partial charge in [-0.3, -0.25) is 4.79 Å². The highest BCUT2D eigenvalue weighted by molar-refractivity contribution is 5.77. The molecule has 20 heavy (non-hydrogen) atoms. The Labute approximate surface area is 119 Å². The first-order valence-electron chi connectivity index (χ1n) is 6.37. The van der Waals surface area contributed by atoms with E-state index in [2.05, 4.69) is 0 Å². The van der Waals surface area contributed by atoms with Crippen molar-refractivity contribution in [3.63, 3.8) is 0 Å². The number of aliphatic hydroxyl groups excluding tert-OH is 5. The second kappa shape index (κ2) is 7.87. The van der Waals surface area contributed by atoms with Crippen LogP contribution in [0.15, 0.2) is 0 Å². The van der Waals surface area contributed by atoms with Crippen LogP contribution in [0.4, 0.5) is 0 Å². The molecular formula is C12H27N2O6+. The highest BCUT2D eigenvalue weighted by atomic mass is 16.4. The van der Waals surface area contributed by atoms with Gasteiger partial charge in [0.2, 0.25) is 0 Å². The molecule has 0 aliphatic carbocycles. The SMILES string of the molecule is CN(C[C@H](O)[C@@H](O)[C@H](O)[C@H](O)CO)C(=O)C[N+](C)(C)C. The first kappa shape index (κ1) is 19.2. The largest absolute Gasteiger partial charge is 0.394 e. The summed E-state index contributed by atoms with van der Waals surface area (Å²) in [5.41, 5.74) is 0. The summed E-state index contributed by atoms with van der Waals surface area (Å²) >= 11 is 0. The Morgan fingerprint density at radius 3 is 1.90 bits per heavy atom. The van der Waals surface area contributed by atoms with Crippen molar-refractivity contribution in [3.05, 3.63) is 0 Å². The number of hydrogen-bond acceptors (Lipinski definition) is 6. The zero-order valence-corrected chi connectivity index (χ0v) is 12.5. The van der Waals surface area contributed by atoms with Gasteiger partial charge in [0, 0.05) is 13.6 Å². The van der Waals surface area contributed by atoms with Gasteiger partial charge in [-0.1, -0.05) is 0 Å². The zero-order valence-electron chi connectivity index (χ0n) is 12.5. The molecule has 0 saturated heterocycles. The van der Waals surface area contributed by atoms with E-state index in [-0.39, 0.29) is 19.0 Å². The van der Waals surface area contributed by atoms with Gasteiger partial charge >= 0.3 is 0 Å². The predicted molar refractivity (Wildman–Crippen MR) is 71.6 cm³/mol. The molecule has 0 fully saturated rings. The fraction of sp³-hybridized carbons (Fsp3) is 0.917. The van der Waals surface area contributed by atoms with Gasteiger partial charge in [0.15, 0.2) is 6.54 Å². The van der Waals surface area contributed by atoms with Gasteiger partial charge in [-0.05, 0) is 0 Å². The van der Waals surface area contributed by atoms with E-state index in [9.17, 15) is 25.2 Å². The maximum atomic E-state index is 11.8. The molecule has 0 aliphatic rings. The fourth-order valence-corrected chi connectivity index (χ4v) is 1.58. The van der Waals surface area contributed by atoms with Gasteiger partial charge in [-0.25, -0.2) is 0 Å². The minimum absolute atomic E-state index is 0.185. The first-order valence-corrected chi connectivity index (χ1v) is 6.37. The highest BCUT2D eigenvalue weighted by Gasteiger charge is 2.31. The number of hydrogen-bond donors (Lipinski definition) is 5. The van der Waals surface area contributed by atoms with Crippen LogP contribution < -0.4 is 0 Å². The lowest BCUT2D eigenvalue weighted by Crippen LogP contribution is -2.51. The van der Waals surface area contributed by atoms with Gasteiger partial charge in [0.1, 0.15) is 24.4 Å². The Morgan fingerprint density at radius 1 is 1.05 bits per heavy atom. The third-order valence-electron chi connectivity index (χ3n) is 2.82. The summed E-state index contributed by atoms with van der Waals surface area (Å²) in [6.45, 7) is -0.697. The molecule has 8 heteroatoms. The molecule has 4 atom stereocenters. The molecule has 0 rings (SSSR count). The van der Waals surface area contributed by atoms with Gasteiger partial charge < -0.3 is 34.9 Å². The standard InChI is InChI=1S/C12H27N2O6/c1-13(10(18)6-14(2,3)4)5-8(16)11(19)12(20)9(17)7-15/h8-9,11-12,15-17,19-20H,5-7H2,1-4H3/q+1/t8-,9+,11+,12+/m0/s1. The van der Waals surface area contributed by atoms with Crippen LogP contribution in [0.2, 0.25) is 0 Å². The maximum absolute atomic E-state index is 11.8. The summed E-state index contributed by atoms with van der Waals surface area (Å²) in [6, 6.07) is 0. The van der Waals surface area contributed by atoms with Crippen LogP contribution >= 0.6 is 0 Å². The molecule has 0 aliphatic heterocycles. The zero-order chi connectivity index (χ0) is 16.1. The lowest BCUT2D eigenvalue weighted by Gasteiger charge is -2.30. The number of likely N-dealkylation sites (N-methyl/N-ethyl adjacent to an activating group) is 2. The van der Waals surface area contributed by atoms with E-state index in [1.54, 1.807) is 0 Å². The third kappa shape index (κ3) is 6.60. The van der Waals surface area contributed by atoms with Crippen LogP contribution in [0.25, 0.3) is 0 Å². The van der Waals surface area contributed by atoms with E-state index >= 15 is 0 Å². The molecule has 120 valence electrons. The van der Waals surface area contributed by atoms with E-state index < -0.39 is 31.0 Å². The quantitative estimate of drug-likeness (QED) is 0.297. The van der Waals surface area contributed by atoms with Crippen molar-refractivity contribution in [1.82, 2.24) is 4.90 Å². The molecule has 0 spiro atoms. The van der Waals surface area contributed by atoms with E-state index in [1.807, 2.05) is 21.1 Å². The molecule has 0 aromatic heterocycles. The summed E-state index contributed by atoms with van der Waals surface area (Å²) in [5.74, 6) is -0.221. The molecule has 0 bridgehead atoms. The Hall–Kier alpha value is -0.770. The smallest absolute Gasteiger partial charge is 0.277 e. The van der Waals surface area contributed by atoms with E-state index in [4.69, 9.17) is 5.11 Å². The fourth-order valence-electron chi connectivity index (χ4n) is 1.58. The van der Waals surface area contributed by atoms with Gasteiger partial charge in [-0.15, -0.1) is 0 Å².